The number of nitrogens with one attached hydrogen (secondary N) is 1. The minimum Gasteiger partial charge on any atom is -0.479 e. The molecule has 1 aliphatic heterocycles. The van der Waals surface area contributed by atoms with E-state index in [9.17, 15) is 23.1 Å². The van der Waals surface area contributed by atoms with Gasteiger partial charge < -0.3 is 19.9 Å². The minimum absolute atomic E-state index is 0.0194. The number of thiophene rings is 1. The molecule has 0 aliphatic carbocycles. The lowest BCUT2D eigenvalue weighted by Gasteiger charge is -2.32. The second-order valence-corrected chi connectivity index (χ2v) is 13.7. The molecular formula is C32H31ClN2O7S2. The molecule has 1 aliphatic rings. The van der Waals surface area contributed by atoms with E-state index in [1.54, 1.807) is 4.31 Å². The van der Waals surface area contributed by atoms with Crippen molar-refractivity contribution in [2.24, 2.45) is 0 Å². The molecule has 5 rings (SSSR count). The number of carbonyl (C=O) groups is 2. The Morgan fingerprint density at radius 2 is 1.61 bits per heavy atom. The normalized spacial score (nSPS) is 14.2. The molecule has 2 heterocycles. The lowest BCUT2D eigenvalue weighted by molar-refractivity contribution is -0.147. The second-order valence-electron chi connectivity index (χ2n) is 10.3. The Hall–Kier alpha value is -3.90. The molecule has 0 unspecified atom stereocenters. The molecule has 4 aromatic rings. The lowest BCUT2D eigenvalue weighted by atomic mass is 10.1. The van der Waals surface area contributed by atoms with E-state index >= 15 is 0 Å². The number of hydrogen-bond donors (Lipinski definition) is 2. The minimum atomic E-state index is -3.41. The number of benzene rings is 3. The number of sulfonamides is 1. The predicted octanol–water partition coefficient (Wildman–Crippen LogP) is 6.30. The van der Waals surface area contributed by atoms with E-state index in [4.69, 9.17) is 21.1 Å². The molecule has 0 atom stereocenters. The van der Waals surface area contributed by atoms with Crippen LogP contribution in [0.2, 0.25) is 5.02 Å². The fourth-order valence-corrected chi connectivity index (χ4v) is 7.87. The van der Waals surface area contributed by atoms with Gasteiger partial charge in [0.2, 0.25) is 10.0 Å². The molecule has 1 saturated heterocycles. The van der Waals surface area contributed by atoms with Crippen LogP contribution in [0, 0.1) is 0 Å². The molecule has 1 fully saturated rings. The zero-order valence-corrected chi connectivity index (χ0v) is 26.0. The lowest BCUT2D eigenvalue weighted by Crippen LogP contribution is -2.42. The number of carboxylic acid groups (broad SMARTS) is 1. The molecule has 0 amide bonds. The number of aromatic carboxylic acids is 1. The smallest absolute Gasteiger partial charge is 0.349 e. The van der Waals surface area contributed by atoms with Crippen molar-refractivity contribution in [1.29, 1.82) is 0 Å². The summed E-state index contributed by atoms with van der Waals surface area (Å²) in [5, 5.41) is 13.4. The van der Waals surface area contributed by atoms with E-state index in [2.05, 4.69) is 5.32 Å². The predicted molar refractivity (Wildman–Crippen MR) is 171 cm³/mol. The monoisotopic (exact) mass is 654 g/mol. The van der Waals surface area contributed by atoms with Crippen LogP contribution in [0.25, 0.3) is 10.4 Å². The standard InChI is InChI=1S/C32H31ClN2O7S2/c33-28-29(42-20-27(36)41-19-22-8-3-1-4-9-22)31(32(37)38)43-30(28)24-12-7-13-26(18-24)34-25-14-16-35(17-15-25)44(39,40)21-23-10-5-2-6-11-23/h1-13,18,25,34H,14-17,19-21H2,(H,37,38). The zero-order chi connectivity index (χ0) is 31.1. The Morgan fingerprint density at radius 3 is 2.27 bits per heavy atom. The van der Waals surface area contributed by atoms with Crippen LogP contribution in [0.15, 0.2) is 84.9 Å². The summed E-state index contributed by atoms with van der Waals surface area (Å²) in [5.41, 5.74) is 3.05. The summed E-state index contributed by atoms with van der Waals surface area (Å²) in [6.07, 6.45) is 1.28. The van der Waals surface area contributed by atoms with Crippen molar-refractivity contribution in [3.8, 4) is 16.2 Å². The van der Waals surface area contributed by atoms with Gasteiger partial charge in [0.15, 0.2) is 17.2 Å². The SMILES string of the molecule is O=C(COc1c(C(=O)O)sc(-c2cccc(NC3CCN(S(=O)(=O)Cc4ccccc4)CC3)c2)c1Cl)OCc1ccccc1. The summed E-state index contributed by atoms with van der Waals surface area (Å²) in [4.78, 5) is 24.6. The second kappa shape index (κ2) is 14.3. The summed E-state index contributed by atoms with van der Waals surface area (Å²) >= 11 is 7.57. The van der Waals surface area contributed by atoms with Crippen molar-refractivity contribution in [3.63, 3.8) is 0 Å². The summed E-state index contributed by atoms with van der Waals surface area (Å²) in [7, 11) is -3.41. The maximum Gasteiger partial charge on any atom is 0.349 e. The highest BCUT2D eigenvalue weighted by atomic mass is 35.5. The highest BCUT2D eigenvalue weighted by Gasteiger charge is 2.29. The molecule has 9 nitrogen and oxygen atoms in total. The number of esters is 1. The Kier molecular flexibility index (Phi) is 10.2. The van der Waals surface area contributed by atoms with E-state index in [1.807, 2.05) is 84.9 Å². The molecule has 0 bridgehead atoms. The fourth-order valence-electron chi connectivity index (χ4n) is 4.90. The fraction of sp³-hybridized carbons (Fsp3) is 0.250. The van der Waals surface area contributed by atoms with Crippen molar-refractivity contribution in [3.05, 3.63) is 106 Å². The Labute approximate surface area is 265 Å². The van der Waals surface area contributed by atoms with Crippen molar-refractivity contribution < 1.29 is 32.6 Å². The van der Waals surface area contributed by atoms with Crippen molar-refractivity contribution in [1.82, 2.24) is 4.31 Å². The number of piperidine rings is 1. The third-order valence-corrected chi connectivity index (χ3v) is 10.6. The highest BCUT2D eigenvalue weighted by molar-refractivity contribution is 7.88. The molecule has 2 N–H and O–H groups in total. The van der Waals surface area contributed by atoms with Crippen molar-refractivity contribution in [2.75, 3.05) is 25.0 Å². The van der Waals surface area contributed by atoms with Crippen LogP contribution >= 0.6 is 22.9 Å². The van der Waals surface area contributed by atoms with E-state index < -0.39 is 28.6 Å². The van der Waals surface area contributed by atoms with Gasteiger partial charge in [-0.3, -0.25) is 0 Å². The van der Waals surface area contributed by atoms with Crippen LogP contribution in [0.4, 0.5) is 5.69 Å². The van der Waals surface area contributed by atoms with E-state index in [1.165, 1.54) is 0 Å². The van der Waals surface area contributed by atoms with Crippen molar-refractivity contribution >= 4 is 50.6 Å². The van der Waals surface area contributed by atoms with Gasteiger partial charge in [-0.15, -0.1) is 11.3 Å². The summed E-state index contributed by atoms with van der Waals surface area (Å²) < 4.78 is 38.2. The molecule has 0 saturated carbocycles. The Morgan fingerprint density at radius 1 is 0.955 bits per heavy atom. The zero-order valence-electron chi connectivity index (χ0n) is 23.6. The molecule has 3 aromatic carbocycles. The number of hydrogen-bond acceptors (Lipinski definition) is 8. The maximum atomic E-state index is 12.9. The molecular weight excluding hydrogens is 624 g/mol. The Balaban J connectivity index is 1.21. The van der Waals surface area contributed by atoms with Crippen LogP contribution in [0.1, 0.15) is 33.6 Å². The molecule has 0 radical (unpaired) electrons. The van der Waals surface area contributed by atoms with Crippen LogP contribution < -0.4 is 10.1 Å². The Bertz CT molecular complexity index is 1710. The molecule has 230 valence electrons. The number of carboxylic acids is 1. The number of ether oxygens (including phenoxy) is 2. The third kappa shape index (κ3) is 7.97. The van der Waals surface area contributed by atoms with Gasteiger partial charge in [0.25, 0.3) is 0 Å². The van der Waals surface area contributed by atoms with Gasteiger partial charge >= 0.3 is 11.9 Å². The van der Waals surface area contributed by atoms with Gasteiger partial charge in [0.05, 0.1) is 10.6 Å². The molecule has 0 spiro atoms. The molecule has 44 heavy (non-hydrogen) atoms. The first-order valence-electron chi connectivity index (χ1n) is 14.0. The molecule has 1 aromatic heterocycles. The van der Waals surface area contributed by atoms with Gasteiger partial charge in [0, 0.05) is 24.8 Å². The largest absolute Gasteiger partial charge is 0.479 e. The van der Waals surface area contributed by atoms with E-state index in [0.717, 1.165) is 28.2 Å². The first-order valence-corrected chi connectivity index (χ1v) is 16.8. The van der Waals surface area contributed by atoms with Crippen LogP contribution in [-0.2, 0) is 31.9 Å². The average molecular weight is 655 g/mol. The quantitative estimate of drug-likeness (QED) is 0.171. The number of rotatable bonds is 12. The molecule has 12 heteroatoms. The summed E-state index contributed by atoms with van der Waals surface area (Å²) in [5.74, 6) is -1.98. The van der Waals surface area contributed by atoms with Crippen LogP contribution in [0.5, 0.6) is 5.75 Å². The van der Waals surface area contributed by atoms with Gasteiger partial charge in [-0.2, -0.15) is 0 Å². The van der Waals surface area contributed by atoms with Gasteiger partial charge in [0.1, 0.15) is 11.6 Å². The third-order valence-electron chi connectivity index (χ3n) is 7.12. The van der Waals surface area contributed by atoms with E-state index in [0.29, 0.717) is 36.4 Å². The van der Waals surface area contributed by atoms with Gasteiger partial charge in [-0.05, 0) is 41.7 Å². The number of halogens is 1. The van der Waals surface area contributed by atoms with Gasteiger partial charge in [-0.25, -0.2) is 22.3 Å². The maximum absolute atomic E-state index is 12.9. The summed E-state index contributed by atoms with van der Waals surface area (Å²) in [6.45, 7) is 0.406. The number of carbonyl (C=O) groups excluding carboxylic acids is 1. The van der Waals surface area contributed by atoms with Crippen LogP contribution in [0.3, 0.4) is 0 Å². The van der Waals surface area contributed by atoms with E-state index in [-0.39, 0.29) is 34.1 Å². The number of nitrogens with zero attached hydrogens (tertiary/aromatic N) is 1. The first kappa shape index (κ1) is 31.5. The topological polar surface area (TPSA) is 122 Å². The summed E-state index contributed by atoms with van der Waals surface area (Å²) in [6, 6.07) is 25.8. The number of anilines is 1. The van der Waals surface area contributed by atoms with Crippen molar-refractivity contribution in [2.45, 2.75) is 31.2 Å². The van der Waals surface area contributed by atoms with Gasteiger partial charge in [-0.1, -0.05) is 84.4 Å². The first-order chi connectivity index (χ1) is 21.2. The van der Waals surface area contributed by atoms with Crippen LogP contribution in [-0.4, -0.2) is 55.5 Å². The average Bonchev–Trinajstić information content (AvgIpc) is 3.36. The highest BCUT2D eigenvalue weighted by Crippen LogP contribution is 2.46.